The van der Waals surface area contributed by atoms with E-state index in [1.807, 2.05) is 38.1 Å². The summed E-state index contributed by atoms with van der Waals surface area (Å²) < 4.78 is 32.7. The largest absolute Gasteiger partial charge is 0.494 e. The first-order chi connectivity index (χ1) is 14.4. The zero-order chi connectivity index (χ0) is 21.6. The lowest BCUT2D eigenvalue weighted by Crippen LogP contribution is -2.26. The highest BCUT2D eigenvalue weighted by atomic mass is 32.2. The predicted molar refractivity (Wildman–Crippen MR) is 117 cm³/mol. The van der Waals surface area contributed by atoms with Gasteiger partial charge < -0.3 is 10.1 Å². The van der Waals surface area contributed by atoms with E-state index in [0.29, 0.717) is 17.9 Å². The summed E-state index contributed by atoms with van der Waals surface area (Å²) in [5, 5.41) is 2.94. The Balaban J connectivity index is 1.63. The van der Waals surface area contributed by atoms with Gasteiger partial charge in [0.15, 0.2) is 0 Å². The van der Waals surface area contributed by atoms with E-state index in [4.69, 9.17) is 4.74 Å². The van der Waals surface area contributed by atoms with Crippen LogP contribution in [0.4, 0.5) is 5.69 Å². The van der Waals surface area contributed by atoms with Crippen molar-refractivity contribution >= 4 is 21.6 Å². The lowest BCUT2D eigenvalue weighted by molar-refractivity contribution is 0.0940. The van der Waals surface area contributed by atoms with Gasteiger partial charge in [-0.2, -0.15) is 0 Å². The highest BCUT2D eigenvalue weighted by molar-refractivity contribution is 7.92. The van der Waals surface area contributed by atoms with Gasteiger partial charge in [-0.05, 0) is 67.9 Å². The highest BCUT2D eigenvalue weighted by Gasteiger charge is 2.15. The molecule has 0 bridgehead atoms. The molecule has 3 aromatic rings. The Kier molecular flexibility index (Phi) is 6.74. The first kappa shape index (κ1) is 21.4. The average molecular weight is 425 g/mol. The molecule has 3 rings (SSSR count). The molecule has 0 aliphatic carbocycles. The summed E-state index contributed by atoms with van der Waals surface area (Å²) in [5.41, 5.74) is 1.78. The Bertz CT molecular complexity index is 1080. The Morgan fingerprint density at radius 1 is 0.933 bits per heavy atom. The molecule has 1 amide bonds. The minimum Gasteiger partial charge on any atom is -0.494 e. The SMILES string of the molecule is CCOc1ccc(C(C)NC(=O)c2ccc(NS(=O)(=O)c3ccccc3)cc2)cc1. The lowest BCUT2D eigenvalue weighted by Gasteiger charge is -2.15. The van der Waals surface area contributed by atoms with E-state index in [1.165, 1.54) is 12.1 Å². The van der Waals surface area contributed by atoms with Crippen molar-refractivity contribution in [2.75, 3.05) is 11.3 Å². The maximum absolute atomic E-state index is 12.5. The van der Waals surface area contributed by atoms with Crippen LogP contribution in [0.25, 0.3) is 0 Å². The number of rotatable bonds is 8. The maximum atomic E-state index is 12.5. The van der Waals surface area contributed by atoms with Gasteiger partial charge in [-0.25, -0.2) is 8.42 Å². The Hall–Kier alpha value is -3.32. The third-order valence-corrected chi connectivity index (χ3v) is 5.89. The van der Waals surface area contributed by atoms with Gasteiger partial charge in [0.1, 0.15) is 5.75 Å². The van der Waals surface area contributed by atoms with Gasteiger partial charge in [0.2, 0.25) is 0 Å². The lowest BCUT2D eigenvalue weighted by atomic mass is 10.1. The molecule has 0 fully saturated rings. The standard InChI is InChI=1S/C23H24N2O4S/c1-3-29-21-15-11-18(12-16-21)17(2)24-23(26)19-9-13-20(14-10-19)25-30(27,28)22-7-5-4-6-8-22/h4-17,25H,3H2,1-2H3,(H,24,26). The van der Waals surface area contributed by atoms with Crippen molar-refractivity contribution in [2.24, 2.45) is 0 Å². The van der Waals surface area contributed by atoms with E-state index in [0.717, 1.165) is 11.3 Å². The summed E-state index contributed by atoms with van der Waals surface area (Å²) in [7, 11) is -3.67. The molecule has 0 saturated carbocycles. The Morgan fingerprint density at radius 2 is 1.57 bits per heavy atom. The van der Waals surface area contributed by atoms with Crippen molar-refractivity contribution in [3.63, 3.8) is 0 Å². The maximum Gasteiger partial charge on any atom is 0.261 e. The number of hydrogen-bond donors (Lipinski definition) is 2. The van der Waals surface area contributed by atoms with Crippen molar-refractivity contribution in [3.8, 4) is 5.75 Å². The van der Waals surface area contributed by atoms with Crippen LogP contribution in [0.2, 0.25) is 0 Å². The number of hydrogen-bond acceptors (Lipinski definition) is 4. The average Bonchev–Trinajstić information content (AvgIpc) is 2.75. The molecule has 0 aliphatic heterocycles. The molecule has 1 atom stereocenters. The van der Waals surface area contributed by atoms with Crippen LogP contribution in [0, 0.1) is 0 Å². The zero-order valence-electron chi connectivity index (χ0n) is 16.8. The molecular formula is C23H24N2O4S. The van der Waals surface area contributed by atoms with Crippen molar-refractivity contribution in [3.05, 3.63) is 90.0 Å². The second kappa shape index (κ2) is 9.45. The molecule has 0 heterocycles. The molecule has 0 spiro atoms. The van der Waals surface area contributed by atoms with Gasteiger partial charge >= 0.3 is 0 Å². The van der Waals surface area contributed by atoms with Crippen LogP contribution in [-0.2, 0) is 10.0 Å². The number of sulfonamides is 1. The van der Waals surface area contributed by atoms with Gasteiger partial charge in [-0.15, -0.1) is 0 Å². The molecule has 2 N–H and O–H groups in total. The summed E-state index contributed by atoms with van der Waals surface area (Å²) in [4.78, 5) is 12.7. The highest BCUT2D eigenvalue weighted by Crippen LogP contribution is 2.19. The number of benzene rings is 3. The monoisotopic (exact) mass is 424 g/mol. The molecule has 30 heavy (non-hydrogen) atoms. The van der Waals surface area contributed by atoms with Gasteiger partial charge in [-0.1, -0.05) is 30.3 Å². The van der Waals surface area contributed by atoms with Crippen LogP contribution in [0.5, 0.6) is 5.75 Å². The molecule has 0 aromatic heterocycles. The second-order valence-electron chi connectivity index (χ2n) is 6.69. The molecule has 7 heteroatoms. The molecule has 156 valence electrons. The molecule has 1 unspecified atom stereocenters. The first-order valence-electron chi connectivity index (χ1n) is 9.60. The number of carbonyl (C=O) groups excluding carboxylic acids is 1. The second-order valence-corrected chi connectivity index (χ2v) is 8.38. The summed E-state index contributed by atoms with van der Waals surface area (Å²) in [6.07, 6.45) is 0. The molecule has 0 radical (unpaired) electrons. The predicted octanol–water partition coefficient (Wildman–Crippen LogP) is 4.38. The molecule has 6 nitrogen and oxygen atoms in total. The zero-order valence-corrected chi connectivity index (χ0v) is 17.6. The fourth-order valence-electron chi connectivity index (χ4n) is 2.89. The quantitative estimate of drug-likeness (QED) is 0.562. The van der Waals surface area contributed by atoms with E-state index < -0.39 is 10.0 Å². The van der Waals surface area contributed by atoms with Crippen molar-refractivity contribution in [1.29, 1.82) is 0 Å². The first-order valence-corrected chi connectivity index (χ1v) is 11.1. The third-order valence-electron chi connectivity index (χ3n) is 4.49. The van der Waals surface area contributed by atoms with Crippen LogP contribution in [0.3, 0.4) is 0 Å². The summed E-state index contributed by atoms with van der Waals surface area (Å²) >= 11 is 0. The topological polar surface area (TPSA) is 84.5 Å². The Morgan fingerprint density at radius 3 is 2.17 bits per heavy atom. The number of anilines is 1. The number of ether oxygens (including phenoxy) is 1. The normalized spacial score (nSPS) is 12.1. The fraction of sp³-hybridized carbons (Fsp3) is 0.174. The van der Waals surface area contributed by atoms with E-state index in [2.05, 4.69) is 10.0 Å². The number of amides is 1. The van der Waals surface area contributed by atoms with Crippen LogP contribution in [0.15, 0.2) is 83.8 Å². The van der Waals surface area contributed by atoms with Crippen LogP contribution >= 0.6 is 0 Å². The molecule has 0 aliphatic rings. The van der Waals surface area contributed by atoms with Gasteiger partial charge in [-0.3, -0.25) is 9.52 Å². The third kappa shape index (κ3) is 5.39. The summed E-state index contributed by atoms with van der Waals surface area (Å²) in [5.74, 6) is 0.544. The van der Waals surface area contributed by atoms with Crippen LogP contribution in [0.1, 0.15) is 35.8 Å². The number of nitrogens with one attached hydrogen (secondary N) is 2. The van der Waals surface area contributed by atoms with E-state index in [9.17, 15) is 13.2 Å². The summed E-state index contributed by atoms with van der Waals surface area (Å²) in [6, 6.07) is 21.8. The fourth-order valence-corrected chi connectivity index (χ4v) is 3.97. The molecular weight excluding hydrogens is 400 g/mol. The van der Waals surface area contributed by atoms with Crippen molar-refractivity contribution in [1.82, 2.24) is 5.32 Å². The molecule has 0 saturated heterocycles. The van der Waals surface area contributed by atoms with Crippen LogP contribution < -0.4 is 14.8 Å². The van der Waals surface area contributed by atoms with Gasteiger partial charge in [0.25, 0.3) is 15.9 Å². The van der Waals surface area contributed by atoms with E-state index in [1.54, 1.807) is 42.5 Å². The molecule has 3 aromatic carbocycles. The van der Waals surface area contributed by atoms with E-state index in [-0.39, 0.29) is 16.8 Å². The minimum absolute atomic E-state index is 0.177. The summed E-state index contributed by atoms with van der Waals surface area (Å²) in [6.45, 7) is 4.42. The number of carbonyl (C=O) groups is 1. The van der Waals surface area contributed by atoms with Gasteiger partial charge in [0, 0.05) is 11.3 Å². The van der Waals surface area contributed by atoms with E-state index >= 15 is 0 Å². The minimum atomic E-state index is -3.67. The van der Waals surface area contributed by atoms with Crippen LogP contribution in [-0.4, -0.2) is 20.9 Å². The van der Waals surface area contributed by atoms with Crippen molar-refractivity contribution in [2.45, 2.75) is 24.8 Å². The van der Waals surface area contributed by atoms with Crippen molar-refractivity contribution < 1.29 is 17.9 Å². The van der Waals surface area contributed by atoms with Gasteiger partial charge in [0.05, 0.1) is 17.5 Å². The Labute approximate surface area is 177 Å². The smallest absolute Gasteiger partial charge is 0.261 e.